The number of pyridine rings is 1. The third-order valence-electron chi connectivity index (χ3n) is 2.77. The lowest BCUT2D eigenvalue weighted by atomic mass is 10.1. The number of halogens is 3. The van der Waals surface area contributed by atoms with Gasteiger partial charge in [-0.05, 0) is 23.3 Å². The molecule has 0 fully saturated rings. The average molecular weight is 281 g/mol. The highest BCUT2D eigenvalue weighted by atomic mass is 19.4. The van der Waals surface area contributed by atoms with Crippen molar-refractivity contribution in [2.24, 2.45) is 5.73 Å². The van der Waals surface area contributed by atoms with Crippen LogP contribution in [0.4, 0.5) is 19.0 Å². The fourth-order valence-electron chi connectivity index (χ4n) is 1.68. The van der Waals surface area contributed by atoms with E-state index in [4.69, 9.17) is 5.73 Å². The third kappa shape index (κ3) is 3.71. The van der Waals surface area contributed by atoms with Crippen LogP contribution in [-0.4, -0.2) is 4.98 Å². The fourth-order valence-corrected chi connectivity index (χ4v) is 1.68. The molecule has 0 saturated carbocycles. The lowest BCUT2D eigenvalue weighted by Crippen LogP contribution is -2.10. The number of nitrogens with two attached hydrogens (primary N) is 1. The Hall–Kier alpha value is -2.08. The zero-order valence-corrected chi connectivity index (χ0v) is 10.6. The summed E-state index contributed by atoms with van der Waals surface area (Å²) < 4.78 is 37.5. The number of anilines is 1. The maximum atomic E-state index is 12.5. The topological polar surface area (TPSA) is 50.9 Å². The summed E-state index contributed by atoms with van der Waals surface area (Å²) in [5.74, 6) is 0.197. The van der Waals surface area contributed by atoms with E-state index in [9.17, 15) is 13.2 Å². The molecule has 0 spiro atoms. The molecule has 1 aromatic carbocycles. The molecular formula is C14H14F3N3. The summed E-state index contributed by atoms with van der Waals surface area (Å²) in [5, 5.41) is 2.87. The number of hydrogen-bond donors (Lipinski definition) is 2. The van der Waals surface area contributed by atoms with E-state index >= 15 is 0 Å². The molecule has 0 aliphatic carbocycles. The van der Waals surface area contributed by atoms with Gasteiger partial charge in [0.2, 0.25) is 0 Å². The van der Waals surface area contributed by atoms with Crippen LogP contribution in [-0.2, 0) is 19.3 Å². The van der Waals surface area contributed by atoms with Gasteiger partial charge in [0.15, 0.2) is 0 Å². The molecule has 0 aliphatic heterocycles. The second kappa shape index (κ2) is 5.92. The molecule has 1 aromatic heterocycles. The van der Waals surface area contributed by atoms with Crippen molar-refractivity contribution < 1.29 is 13.2 Å². The van der Waals surface area contributed by atoms with Gasteiger partial charge in [-0.3, -0.25) is 0 Å². The summed E-state index contributed by atoms with van der Waals surface area (Å²) in [6.45, 7) is 0.863. The van der Waals surface area contributed by atoms with E-state index in [2.05, 4.69) is 10.3 Å². The van der Waals surface area contributed by atoms with E-state index in [0.29, 0.717) is 13.1 Å². The molecule has 0 unspecified atom stereocenters. The predicted molar refractivity (Wildman–Crippen MR) is 70.9 cm³/mol. The number of hydrogen-bond acceptors (Lipinski definition) is 3. The number of rotatable bonds is 4. The molecule has 6 heteroatoms. The van der Waals surface area contributed by atoms with Gasteiger partial charge in [0.25, 0.3) is 0 Å². The summed E-state index contributed by atoms with van der Waals surface area (Å²) in [4.78, 5) is 3.54. The van der Waals surface area contributed by atoms with Crippen LogP contribution in [0.2, 0.25) is 0 Å². The monoisotopic (exact) mass is 281 g/mol. The van der Waals surface area contributed by atoms with Crippen LogP contribution in [0.3, 0.4) is 0 Å². The number of alkyl halides is 3. The van der Waals surface area contributed by atoms with E-state index < -0.39 is 11.9 Å². The van der Waals surface area contributed by atoms with E-state index in [1.54, 1.807) is 0 Å². The highest BCUT2D eigenvalue weighted by molar-refractivity contribution is 5.37. The van der Waals surface area contributed by atoms with Crippen molar-refractivity contribution in [3.8, 4) is 0 Å². The molecule has 0 radical (unpaired) electrons. The third-order valence-corrected chi connectivity index (χ3v) is 2.77. The van der Waals surface area contributed by atoms with Crippen molar-refractivity contribution in [2.75, 3.05) is 5.32 Å². The molecule has 0 bridgehead atoms. The normalized spacial score (nSPS) is 11.4. The summed E-state index contributed by atoms with van der Waals surface area (Å²) in [5.41, 5.74) is 6.54. The Labute approximate surface area is 114 Å². The second-order valence-electron chi connectivity index (χ2n) is 4.28. The Morgan fingerprint density at radius 2 is 1.65 bits per heavy atom. The zero-order chi connectivity index (χ0) is 14.6. The first kappa shape index (κ1) is 14.3. The molecule has 20 heavy (non-hydrogen) atoms. The first-order chi connectivity index (χ1) is 9.49. The van der Waals surface area contributed by atoms with E-state index in [1.165, 1.54) is 12.1 Å². The summed E-state index contributed by atoms with van der Waals surface area (Å²) in [6, 6.07) is 11.3. The first-order valence-electron chi connectivity index (χ1n) is 6.05. The van der Waals surface area contributed by atoms with Gasteiger partial charge in [-0.1, -0.05) is 30.3 Å². The van der Waals surface area contributed by atoms with Gasteiger partial charge in [-0.25, -0.2) is 4.98 Å². The molecule has 1 heterocycles. The van der Waals surface area contributed by atoms with Crippen molar-refractivity contribution in [1.82, 2.24) is 4.98 Å². The minimum atomic E-state index is -4.43. The van der Waals surface area contributed by atoms with Gasteiger partial charge in [-0.2, -0.15) is 13.2 Å². The maximum Gasteiger partial charge on any atom is 0.433 e. The van der Waals surface area contributed by atoms with Gasteiger partial charge in [0.1, 0.15) is 11.5 Å². The summed E-state index contributed by atoms with van der Waals surface area (Å²) in [7, 11) is 0. The lowest BCUT2D eigenvalue weighted by molar-refractivity contribution is -0.141. The minimum absolute atomic E-state index is 0.197. The molecule has 106 valence electrons. The van der Waals surface area contributed by atoms with Crippen LogP contribution < -0.4 is 11.1 Å². The van der Waals surface area contributed by atoms with Crippen LogP contribution >= 0.6 is 0 Å². The Bertz CT molecular complexity index is 565. The molecule has 0 aliphatic rings. The van der Waals surface area contributed by atoms with Crippen LogP contribution in [0.15, 0.2) is 42.5 Å². The SMILES string of the molecule is NCc1ccc(CNc2cccc(C(F)(F)F)n2)cc1. The average Bonchev–Trinajstić information content (AvgIpc) is 2.45. The van der Waals surface area contributed by atoms with Crippen molar-refractivity contribution >= 4 is 5.82 Å². The largest absolute Gasteiger partial charge is 0.433 e. The lowest BCUT2D eigenvalue weighted by Gasteiger charge is -2.09. The maximum absolute atomic E-state index is 12.5. The van der Waals surface area contributed by atoms with Crippen molar-refractivity contribution in [2.45, 2.75) is 19.3 Å². The van der Waals surface area contributed by atoms with Crippen LogP contribution in [0, 0.1) is 0 Å². The van der Waals surface area contributed by atoms with Gasteiger partial charge in [-0.15, -0.1) is 0 Å². The molecule has 2 aromatic rings. The van der Waals surface area contributed by atoms with E-state index in [-0.39, 0.29) is 5.82 Å². The Morgan fingerprint density at radius 3 is 2.25 bits per heavy atom. The predicted octanol–water partition coefficient (Wildman–Crippen LogP) is 3.17. The number of nitrogens with zero attached hydrogens (tertiary/aromatic N) is 1. The van der Waals surface area contributed by atoms with E-state index in [1.807, 2.05) is 24.3 Å². The molecule has 2 rings (SSSR count). The Kier molecular flexibility index (Phi) is 4.24. The van der Waals surface area contributed by atoms with Crippen LogP contribution in [0.1, 0.15) is 16.8 Å². The summed E-state index contributed by atoms with van der Waals surface area (Å²) in [6.07, 6.45) is -4.43. The molecule has 0 saturated heterocycles. The number of benzene rings is 1. The molecule has 0 amide bonds. The Morgan fingerprint density at radius 1 is 1.00 bits per heavy atom. The second-order valence-corrected chi connectivity index (χ2v) is 4.28. The molecule has 0 atom stereocenters. The number of aromatic nitrogens is 1. The van der Waals surface area contributed by atoms with Crippen LogP contribution in [0.25, 0.3) is 0 Å². The minimum Gasteiger partial charge on any atom is -0.366 e. The number of nitrogens with one attached hydrogen (secondary N) is 1. The Balaban J connectivity index is 2.03. The molecular weight excluding hydrogens is 267 g/mol. The van der Waals surface area contributed by atoms with Crippen LogP contribution in [0.5, 0.6) is 0 Å². The highest BCUT2D eigenvalue weighted by Gasteiger charge is 2.32. The van der Waals surface area contributed by atoms with Crippen molar-refractivity contribution in [3.05, 3.63) is 59.3 Å². The molecule has 3 N–H and O–H groups in total. The van der Waals surface area contributed by atoms with Gasteiger partial charge >= 0.3 is 6.18 Å². The summed E-state index contributed by atoms with van der Waals surface area (Å²) >= 11 is 0. The van der Waals surface area contributed by atoms with Gasteiger partial charge in [0, 0.05) is 13.1 Å². The van der Waals surface area contributed by atoms with Crippen molar-refractivity contribution in [3.63, 3.8) is 0 Å². The van der Waals surface area contributed by atoms with Gasteiger partial charge < -0.3 is 11.1 Å². The van der Waals surface area contributed by atoms with Gasteiger partial charge in [0.05, 0.1) is 0 Å². The quantitative estimate of drug-likeness (QED) is 0.905. The standard InChI is InChI=1S/C14H14F3N3/c15-14(16,17)12-2-1-3-13(20-12)19-9-11-6-4-10(8-18)5-7-11/h1-7H,8-9,18H2,(H,19,20). The fraction of sp³-hybridized carbons (Fsp3) is 0.214. The zero-order valence-electron chi connectivity index (χ0n) is 10.6. The molecule has 3 nitrogen and oxygen atoms in total. The first-order valence-corrected chi connectivity index (χ1v) is 6.05. The van der Waals surface area contributed by atoms with Crippen molar-refractivity contribution in [1.29, 1.82) is 0 Å². The highest BCUT2D eigenvalue weighted by Crippen LogP contribution is 2.28. The van der Waals surface area contributed by atoms with E-state index in [0.717, 1.165) is 17.2 Å². The smallest absolute Gasteiger partial charge is 0.366 e.